The van der Waals surface area contributed by atoms with Gasteiger partial charge in [0.25, 0.3) is 0 Å². The second kappa shape index (κ2) is 7.58. The van der Waals surface area contributed by atoms with Gasteiger partial charge in [-0.25, -0.2) is 0 Å². The van der Waals surface area contributed by atoms with Crippen molar-refractivity contribution in [2.24, 2.45) is 0 Å². The Morgan fingerprint density at radius 3 is 2.74 bits per heavy atom. The number of hydrogen-bond acceptors (Lipinski definition) is 4. The maximum Gasteiger partial charge on any atom is 0.0595 e. The minimum absolute atomic E-state index is 0.448. The maximum absolute atomic E-state index is 5.40. The molecule has 1 fully saturated rings. The van der Waals surface area contributed by atoms with E-state index in [1.165, 1.54) is 5.69 Å². The third-order valence-corrected chi connectivity index (χ3v) is 3.67. The Kier molecular flexibility index (Phi) is 5.76. The molecule has 0 spiro atoms. The van der Waals surface area contributed by atoms with Crippen LogP contribution in [0.2, 0.25) is 0 Å². The van der Waals surface area contributed by atoms with Crippen LogP contribution >= 0.6 is 0 Å². The van der Waals surface area contributed by atoms with Crippen molar-refractivity contribution < 1.29 is 4.74 Å². The fourth-order valence-corrected chi connectivity index (χ4v) is 2.50. The molecule has 106 valence electrons. The van der Waals surface area contributed by atoms with E-state index in [0.29, 0.717) is 6.10 Å². The summed E-state index contributed by atoms with van der Waals surface area (Å²) >= 11 is 0. The normalized spacial score (nSPS) is 17.8. The van der Waals surface area contributed by atoms with Crippen molar-refractivity contribution in [3.05, 3.63) is 29.6 Å². The molecule has 0 aromatic carbocycles. The molecule has 0 saturated carbocycles. The summed E-state index contributed by atoms with van der Waals surface area (Å²) in [5, 5.41) is 3.32. The number of aromatic nitrogens is 1. The Bertz CT molecular complexity index is 375. The van der Waals surface area contributed by atoms with Gasteiger partial charge in [-0.2, -0.15) is 0 Å². The van der Waals surface area contributed by atoms with Gasteiger partial charge in [-0.05, 0) is 31.5 Å². The van der Waals surface area contributed by atoms with E-state index >= 15 is 0 Å². The van der Waals surface area contributed by atoms with Gasteiger partial charge in [0.15, 0.2) is 0 Å². The van der Waals surface area contributed by atoms with E-state index in [2.05, 4.69) is 35.3 Å². The van der Waals surface area contributed by atoms with E-state index in [1.54, 1.807) is 0 Å². The van der Waals surface area contributed by atoms with Crippen LogP contribution in [0, 0.1) is 0 Å². The van der Waals surface area contributed by atoms with E-state index < -0.39 is 0 Å². The van der Waals surface area contributed by atoms with Gasteiger partial charge >= 0.3 is 0 Å². The molecule has 1 aromatic heterocycles. The second-order valence-corrected chi connectivity index (χ2v) is 5.11. The summed E-state index contributed by atoms with van der Waals surface area (Å²) in [5.41, 5.74) is 2.30. The van der Waals surface area contributed by atoms with E-state index in [9.17, 15) is 0 Å². The molecule has 2 heterocycles. The quantitative estimate of drug-likeness (QED) is 0.849. The molecule has 0 atom stereocenters. The highest BCUT2D eigenvalue weighted by Crippen LogP contribution is 2.15. The minimum atomic E-state index is 0.448. The van der Waals surface area contributed by atoms with Crippen LogP contribution in [0.3, 0.4) is 0 Å². The zero-order valence-electron chi connectivity index (χ0n) is 12.1. The molecule has 0 unspecified atom stereocenters. The summed E-state index contributed by atoms with van der Waals surface area (Å²) in [6.45, 7) is 7.13. The van der Waals surface area contributed by atoms with E-state index in [4.69, 9.17) is 9.72 Å². The Hall–Kier alpha value is -0.970. The molecule has 1 aromatic rings. The zero-order chi connectivity index (χ0) is 13.5. The fourth-order valence-electron chi connectivity index (χ4n) is 2.50. The molecule has 19 heavy (non-hydrogen) atoms. The van der Waals surface area contributed by atoms with Crippen molar-refractivity contribution >= 4 is 0 Å². The number of likely N-dealkylation sites (tertiary alicyclic amines) is 1. The monoisotopic (exact) mass is 263 g/mol. The summed E-state index contributed by atoms with van der Waals surface area (Å²) in [6.07, 6.45) is 2.71. The first kappa shape index (κ1) is 14.4. The van der Waals surface area contributed by atoms with E-state index in [0.717, 1.165) is 51.3 Å². The average Bonchev–Trinajstić information content (AvgIpc) is 2.46. The number of nitrogens with zero attached hydrogens (tertiary/aromatic N) is 2. The summed E-state index contributed by atoms with van der Waals surface area (Å²) in [7, 11) is 1.81. The standard InChI is InChI=1S/C15H25N3O/c1-3-16-11-13-5-4-6-14(17-13)12-18-9-7-15(19-2)8-10-18/h4-6,15-16H,3,7-12H2,1-2H3. The van der Waals surface area contributed by atoms with Crippen molar-refractivity contribution in [2.75, 3.05) is 26.7 Å². The lowest BCUT2D eigenvalue weighted by molar-refractivity contribution is 0.0385. The third-order valence-electron chi connectivity index (χ3n) is 3.67. The molecular weight excluding hydrogens is 238 g/mol. The smallest absolute Gasteiger partial charge is 0.0595 e. The topological polar surface area (TPSA) is 37.4 Å². The Labute approximate surface area is 116 Å². The minimum Gasteiger partial charge on any atom is -0.381 e. The van der Waals surface area contributed by atoms with Gasteiger partial charge in [0.1, 0.15) is 0 Å². The number of nitrogens with one attached hydrogen (secondary N) is 1. The third kappa shape index (κ3) is 4.56. The molecule has 0 amide bonds. The van der Waals surface area contributed by atoms with Gasteiger partial charge in [0.2, 0.25) is 0 Å². The molecule has 4 heteroatoms. The summed E-state index contributed by atoms with van der Waals surface area (Å²) in [4.78, 5) is 7.18. The lowest BCUT2D eigenvalue weighted by Crippen LogP contribution is -2.36. The number of pyridine rings is 1. The van der Waals surface area contributed by atoms with Crippen LogP contribution in [0.1, 0.15) is 31.2 Å². The van der Waals surface area contributed by atoms with E-state index in [-0.39, 0.29) is 0 Å². The van der Waals surface area contributed by atoms with Crippen molar-refractivity contribution in [3.8, 4) is 0 Å². The van der Waals surface area contributed by atoms with Crippen LogP contribution in [0.15, 0.2) is 18.2 Å². The van der Waals surface area contributed by atoms with Gasteiger partial charge in [0.05, 0.1) is 17.5 Å². The largest absolute Gasteiger partial charge is 0.381 e. The van der Waals surface area contributed by atoms with E-state index in [1.807, 2.05) is 7.11 Å². The molecular formula is C15H25N3O. The molecule has 0 aliphatic carbocycles. The Morgan fingerprint density at radius 2 is 2.05 bits per heavy atom. The summed E-state index contributed by atoms with van der Waals surface area (Å²) in [5.74, 6) is 0. The van der Waals surface area contributed by atoms with Crippen LogP contribution in [0.5, 0.6) is 0 Å². The number of ether oxygens (including phenoxy) is 1. The van der Waals surface area contributed by atoms with Crippen molar-refractivity contribution in [1.82, 2.24) is 15.2 Å². The maximum atomic E-state index is 5.40. The van der Waals surface area contributed by atoms with Gasteiger partial charge in [-0.3, -0.25) is 9.88 Å². The highest BCUT2D eigenvalue weighted by molar-refractivity contribution is 5.11. The Morgan fingerprint density at radius 1 is 1.32 bits per heavy atom. The van der Waals surface area contributed by atoms with Crippen LogP contribution in [0.4, 0.5) is 0 Å². The van der Waals surface area contributed by atoms with Gasteiger partial charge in [-0.1, -0.05) is 13.0 Å². The number of methoxy groups -OCH3 is 1. The van der Waals surface area contributed by atoms with Gasteiger partial charge < -0.3 is 10.1 Å². The summed E-state index contributed by atoms with van der Waals surface area (Å²) in [6, 6.07) is 6.32. The number of hydrogen-bond donors (Lipinski definition) is 1. The number of piperidine rings is 1. The average molecular weight is 263 g/mol. The molecule has 2 rings (SSSR count). The molecule has 0 radical (unpaired) electrons. The fraction of sp³-hybridized carbons (Fsp3) is 0.667. The predicted octanol–water partition coefficient (Wildman–Crippen LogP) is 1.80. The Balaban J connectivity index is 1.85. The first-order valence-corrected chi connectivity index (χ1v) is 7.22. The molecule has 1 N–H and O–H groups in total. The lowest BCUT2D eigenvalue weighted by atomic mass is 10.1. The first-order valence-electron chi connectivity index (χ1n) is 7.22. The number of rotatable bonds is 6. The molecule has 1 aliphatic rings. The van der Waals surface area contributed by atoms with Crippen LogP contribution in [-0.4, -0.2) is 42.7 Å². The van der Waals surface area contributed by atoms with Crippen LogP contribution in [0.25, 0.3) is 0 Å². The van der Waals surface area contributed by atoms with Crippen molar-refractivity contribution in [2.45, 2.75) is 39.0 Å². The molecule has 4 nitrogen and oxygen atoms in total. The predicted molar refractivity (Wildman–Crippen MR) is 76.9 cm³/mol. The highest BCUT2D eigenvalue weighted by atomic mass is 16.5. The highest BCUT2D eigenvalue weighted by Gasteiger charge is 2.18. The summed E-state index contributed by atoms with van der Waals surface area (Å²) < 4.78 is 5.40. The van der Waals surface area contributed by atoms with Crippen LogP contribution < -0.4 is 5.32 Å². The van der Waals surface area contributed by atoms with Gasteiger partial charge in [-0.15, -0.1) is 0 Å². The SMILES string of the molecule is CCNCc1cccc(CN2CCC(OC)CC2)n1. The van der Waals surface area contributed by atoms with Crippen LogP contribution in [-0.2, 0) is 17.8 Å². The van der Waals surface area contributed by atoms with Crippen molar-refractivity contribution in [3.63, 3.8) is 0 Å². The molecule has 1 aliphatic heterocycles. The molecule has 1 saturated heterocycles. The second-order valence-electron chi connectivity index (χ2n) is 5.11. The lowest BCUT2D eigenvalue weighted by Gasteiger charge is -2.30. The van der Waals surface area contributed by atoms with Gasteiger partial charge in [0, 0.05) is 33.3 Å². The first-order chi connectivity index (χ1) is 9.31. The van der Waals surface area contributed by atoms with Crippen molar-refractivity contribution in [1.29, 1.82) is 0 Å². The molecule has 0 bridgehead atoms. The zero-order valence-corrected chi connectivity index (χ0v) is 12.1.